The third-order valence-electron chi connectivity index (χ3n) is 3.27. The number of alkyl halides is 3. The summed E-state index contributed by atoms with van der Waals surface area (Å²) in [4.78, 5) is 16.0. The second-order valence-corrected chi connectivity index (χ2v) is 7.66. The number of hydrogen-bond acceptors (Lipinski definition) is 8. The Hall–Kier alpha value is -2.86. The van der Waals surface area contributed by atoms with Crippen LogP contribution < -0.4 is 15.4 Å². The first-order valence-corrected chi connectivity index (χ1v) is 9.93. The lowest BCUT2D eigenvalue weighted by Gasteiger charge is -2.09. The first-order chi connectivity index (χ1) is 13.9. The lowest BCUT2D eigenvalue weighted by Crippen LogP contribution is -2.24. The maximum absolute atomic E-state index is 12.2. The molecule has 0 aliphatic heterocycles. The highest BCUT2D eigenvalue weighted by Crippen LogP contribution is 2.29. The molecule has 0 fully saturated rings. The fourth-order valence-corrected chi connectivity index (χ4v) is 3.65. The Bertz CT molecular complexity index is 936. The van der Waals surface area contributed by atoms with Crippen LogP contribution >= 0.6 is 23.1 Å². The van der Waals surface area contributed by atoms with Crippen molar-refractivity contribution in [2.45, 2.75) is 17.2 Å². The first kappa shape index (κ1) is 20.9. The van der Waals surface area contributed by atoms with E-state index in [1.54, 1.807) is 12.3 Å². The van der Waals surface area contributed by atoms with Gasteiger partial charge in [0.05, 0.1) is 18.0 Å². The molecule has 0 spiro atoms. The number of nitrogens with one attached hydrogen (secondary N) is 2. The van der Waals surface area contributed by atoms with Gasteiger partial charge in [0, 0.05) is 11.9 Å². The number of benzene rings is 1. The highest BCUT2D eigenvalue weighted by atomic mass is 32.2. The van der Waals surface area contributed by atoms with Gasteiger partial charge in [-0.25, -0.2) is 0 Å². The molecule has 3 aromatic rings. The first-order valence-electron chi connectivity index (χ1n) is 8.13. The Morgan fingerprint density at radius 3 is 2.62 bits per heavy atom. The van der Waals surface area contributed by atoms with E-state index >= 15 is 0 Å². The minimum atomic E-state index is -4.73. The maximum atomic E-state index is 12.2. The number of aromatic nitrogens is 3. The van der Waals surface area contributed by atoms with Crippen molar-refractivity contribution in [1.29, 1.82) is 0 Å². The van der Waals surface area contributed by atoms with E-state index in [2.05, 4.69) is 30.6 Å². The standard InChI is InChI=1S/C17H14F3N5O2S2/c18-17(19,20)27-13-6-4-11(5-7-13)23-15-24-25-16(29-15)28-10-14(26)22-9-12-3-1-2-8-21-12/h1-8H,9-10H2,(H,22,26)(H,23,24). The van der Waals surface area contributed by atoms with Gasteiger partial charge in [0.25, 0.3) is 0 Å². The van der Waals surface area contributed by atoms with E-state index in [0.29, 0.717) is 21.7 Å². The van der Waals surface area contributed by atoms with Crippen molar-refractivity contribution in [3.8, 4) is 5.75 Å². The number of ether oxygens (including phenoxy) is 1. The van der Waals surface area contributed by atoms with Crippen molar-refractivity contribution >= 4 is 39.8 Å². The molecule has 2 heterocycles. The van der Waals surface area contributed by atoms with Gasteiger partial charge in [0.2, 0.25) is 11.0 Å². The molecule has 3 rings (SSSR count). The summed E-state index contributed by atoms with van der Waals surface area (Å²) in [6.07, 6.45) is -3.08. The Labute approximate surface area is 171 Å². The molecule has 7 nitrogen and oxygen atoms in total. The fourth-order valence-electron chi connectivity index (χ4n) is 2.05. The number of anilines is 2. The normalized spacial score (nSPS) is 11.1. The zero-order valence-corrected chi connectivity index (χ0v) is 16.3. The minimum absolute atomic E-state index is 0.161. The molecule has 2 N–H and O–H groups in total. The summed E-state index contributed by atoms with van der Waals surface area (Å²) in [5.74, 6) is -0.302. The van der Waals surface area contributed by atoms with E-state index in [0.717, 1.165) is 5.69 Å². The van der Waals surface area contributed by atoms with Gasteiger partial charge in [-0.3, -0.25) is 9.78 Å². The quantitative estimate of drug-likeness (QED) is 0.511. The molecule has 2 aromatic heterocycles. The number of rotatable bonds is 8. The Morgan fingerprint density at radius 2 is 1.93 bits per heavy atom. The van der Waals surface area contributed by atoms with E-state index in [1.165, 1.54) is 47.4 Å². The van der Waals surface area contributed by atoms with Gasteiger partial charge in [0.1, 0.15) is 5.75 Å². The summed E-state index contributed by atoms with van der Waals surface area (Å²) in [5.41, 5.74) is 1.29. The zero-order chi connectivity index (χ0) is 20.7. The minimum Gasteiger partial charge on any atom is -0.406 e. The predicted molar refractivity (Wildman–Crippen MR) is 103 cm³/mol. The fraction of sp³-hybridized carbons (Fsp3) is 0.176. The van der Waals surface area contributed by atoms with Crippen LogP contribution in [0.5, 0.6) is 5.75 Å². The number of halogens is 3. The largest absolute Gasteiger partial charge is 0.573 e. The molecule has 0 saturated heterocycles. The van der Waals surface area contributed by atoms with Crippen LogP contribution in [0.2, 0.25) is 0 Å². The molecule has 0 radical (unpaired) electrons. The summed E-state index contributed by atoms with van der Waals surface area (Å²) in [6, 6.07) is 10.7. The lowest BCUT2D eigenvalue weighted by molar-refractivity contribution is -0.274. The molecule has 0 atom stereocenters. The molecule has 0 aliphatic rings. The molecule has 1 amide bonds. The monoisotopic (exact) mass is 441 g/mol. The van der Waals surface area contributed by atoms with Crippen LogP contribution in [0.4, 0.5) is 24.0 Å². The number of thioether (sulfide) groups is 1. The highest BCUT2D eigenvalue weighted by molar-refractivity contribution is 8.01. The molecule has 12 heteroatoms. The summed E-state index contributed by atoms with van der Waals surface area (Å²) in [6.45, 7) is 0.344. The second kappa shape index (κ2) is 9.56. The topological polar surface area (TPSA) is 89.0 Å². The van der Waals surface area contributed by atoms with Crippen molar-refractivity contribution in [3.05, 3.63) is 54.4 Å². The van der Waals surface area contributed by atoms with Crippen LogP contribution in [-0.2, 0) is 11.3 Å². The number of hydrogen-bond donors (Lipinski definition) is 2. The molecule has 0 aliphatic carbocycles. The van der Waals surface area contributed by atoms with Crippen molar-refractivity contribution in [3.63, 3.8) is 0 Å². The SMILES string of the molecule is O=C(CSc1nnc(Nc2ccc(OC(F)(F)F)cc2)s1)NCc1ccccn1. The van der Waals surface area contributed by atoms with Gasteiger partial charge < -0.3 is 15.4 Å². The van der Waals surface area contributed by atoms with Gasteiger partial charge in [-0.1, -0.05) is 29.2 Å². The van der Waals surface area contributed by atoms with Crippen molar-refractivity contribution < 1.29 is 22.7 Å². The summed E-state index contributed by atoms with van der Waals surface area (Å²) in [7, 11) is 0. The number of pyridine rings is 1. The van der Waals surface area contributed by atoms with Crippen LogP contribution in [-0.4, -0.2) is 33.2 Å². The number of carbonyl (C=O) groups is 1. The average molecular weight is 441 g/mol. The van der Waals surface area contributed by atoms with E-state index in [-0.39, 0.29) is 17.4 Å². The van der Waals surface area contributed by atoms with Crippen molar-refractivity contribution in [1.82, 2.24) is 20.5 Å². The third-order valence-corrected chi connectivity index (χ3v) is 5.24. The van der Waals surface area contributed by atoms with E-state index in [4.69, 9.17) is 0 Å². The lowest BCUT2D eigenvalue weighted by atomic mass is 10.3. The van der Waals surface area contributed by atoms with Crippen LogP contribution in [0.1, 0.15) is 5.69 Å². The molecule has 1 aromatic carbocycles. The number of nitrogens with zero attached hydrogens (tertiary/aromatic N) is 3. The van der Waals surface area contributed by atoms with Crippen molar-refractivity contribution in [2.24, 2.45) is 0 Å². The van der Waals surface area contributed by atoms with Crippen molar-refractivity contribution in [2.75, 3.05) is 11.1 Å². The zero-order valence-electron chi connectivity index (χ0n) is 14.6. The number of carbonyl (C=O) groups excluding carboxylic acids is 1. The molecule has 0 bridgehead atoms. The van der Waals surface area contributed by atoms with Crippen LogP contribution in [0.3, 0.4) is 0 Å². The van der Waals surface area contributed by atoms with Gasteiger partial charge in [0.15, 0.2) is 4.34 Å². The summed E-state index contributed by atoms with van der Waals surface area (Å²) < 4.78 is 40.9. The molecule has 0 unspecified atom stereocenters. The molecule has 152 valence electrons. The third kappa shape index (κ3) is 7.23. The second-order valence-electron chi connectivity index (χ2n) is 5.46. The van der Waals surface area contributed by atoms with Crippen LogP contribution in [0.25, 0.3) is 0 Å². The Balaban J connectivity index is 1.45. The molecule has 29 heavy (non-hydrogen) atoms. The molecular formula is C17H14F3N5O2S2. The van der Waals surface area contributed by atoms with Crippen LogP contribution in [0.15, 0.2) is 53.0 Å². The Kier molecular flexibility index (Phi) is 6.88. The van der Waals surface area contributed by atoms with Gasteiger partial charge in [-0.15, -0.1) is 23.4 Å². The summed E-state index contributed by atoms with van der Waals surface area (Å²) in [5, 5.41) is 14.1. The average Bonchev–Trinajstić information content (AvgIpc) is 3.13. The molecule has 0 saturated carbocycles. The number of amides is 1. The van der Waals surface area contributed by atoms with Gasteiger partial charge in [-0.05, 0) is 36.4 Å². The van der Waals surface area contributed by atoms with E-state index < -0.39 is 6.36 Å². The van der Waals surface area contributed by atoms with Gasteiger partial charge in [-0.2, -0.15) is 0 Å². The predicted octanol–water partition coefficient (Wildman–Crippen LogP) is 3.98. The van der Waals surface area contributed by atoms with E-state index in [1.807, 2.05) is 12.1 Å². The molecular weight excluding hydrogens is 427 g/mol. The van der Waals surface area contributed by atoms with E-state index in [9.17, 15) is 18.0 Å². The Morgan fingerprint density at radius 1 is 1.14 bits per heavy atom. The smallest absolute Gasteiger partial charge is 0.406 e. The summed E-state index contributed by atoms with van der Waals surface area (Å²) >= 11 is 2.46. The van der Waals surface area contributed by atoms with Gasteiger partial charge >= 0.3 is 6.36 Å². The highest BCUT2D eigenvalue weighted by Gasteiger charge is 2.30. The van der Waals surface area contributed by atoms with Crippen LogP contribution in [0, 0.1) is 0 Å². The maximum Gasteiger partial charge on any atom is 0.573 e.